The first-order valence-electron chi connectivity index (χ1n) is 7.54. The molecule has 0 amide bonds. The fourth-order valence-electron chi connectivity index (χ4n) is 3.13. The van der Waals surface area contributed by atoms with Crippen LogP contribution in [0, 0.1) is 5.92 Å². The Hall–Kier alpha value is -1.24. The number of aliphatic hydroxyl groups excluding tert-OH is 1. The van der Waals surface area contributed by atoms with Crippen LogP contribution in [0.4, 0.5) is 0 Å². The van der Waals surface area contributed by atoms with E-state index in [9.17, 15) is 5.11 Å². The van der Waals surface area contributed by atoms with Crippen LogP contribution in [-0.2, 0) is 18.9 Å². The van der Waals surface area contributed by atoms with Gasteiger partial charge in [0.15, 0.2) is 12.6 Å². The summed E-state index contributed by atoms with van der Waals surface area (Å²) in [5, 5.41) is 10.4. The van der Waals surface area contributed by atoms with Gasteiger partial charge in [0, 0.05) is 18.6 Å². The van der Waals surface area contributed by atoms with Crippen LogP contribution in [0.1, 0.15) is 18.3 Å². The lowest BCUT2D eigenvalue weighted by Gasteiger charge is -2.47. The molecule has 22 heavy (non-hydrogen) atoms. The highest BCUT2D eigenvalue weighted by Crippen LogP contribution is 2.38. The van der Waals surface area contributed by atoms with Gasteiger partial charge in [-0.2, -0.15) is 0 Å². The lowest BCUT2D eigenvalue weighted by molar-refractivity contribution is -0.350. The molecule has 5 heteroatoms. The molecule has 3 rings (SSSR count). The van der Waals surface area contributed by atoms with Crippen molar-refractivity contribution in [3.05, 3.63) is 48.6 Å². The second-order valence-electron chi connectivity index (χ2n) is 5.63. The Morgan fingerprint density at radius 3 is 2.77 bits per heavy atom. The molecule has 6 atom stereocenters. The average Bonchev–Trinajstić information content (AvgIpc) is 2.57. The quantitative estimate of drug-likeness (QED) is 0.863. The maximum Gasteiger partial charge on any atom is 0.184 e. The lowest BCUT2D eigenvalue weighted by Crippen LogP contribution is -2.59. The standard InChI is InChI=1S/C17H22O5/c1-3-7-12-14(18)17(19-2)21-13-10-20-16(22-15(12)13)11-8-5-4-6-9-11/h3-6,8-9,12-18H,1,7,10H2,2H3/t12-,13+,14-,15-,16+,17-/m0/s1. The Kier molecular flexibility index (Phi) is 4.90. The minimum absolute atomic E-state index is 0.128. The molecule has 5 nitrogen and oxygen atoms in total. The first-order chi connectivity index (χ1) is 10.7. The SMILES string of the molecule is C=CC[C@H]1[C@H](O)[C@@H](OC)O[C@@H]2CO[C@@H](c3ccccc3)O[C@@H]12. The van der Waals surface area contributed by atoms with E-state index in [1.54, 1.807) is 6.08 Å². The van der Waals surface area contributed by atoms with E-state index in [4.69, 9.17) is 18.9 Å². The molecule has 1 aromatic rings. The summed E-state index contributed by atoms with van der Waals surface area (Å²) in [4.78, 5) is 0. The monoisotopic (exact) mass is 306 g/mol. The molecule has 0 unspecified atom stereocenters. The Morgan fingerprint density at radius 1 is 1.32 bits per heavy atom. The summed E-state index contributed by atoms with van der Waals surface area (Å²) in [7, 11) is 1.52. The van der Waals surface area contributed by atoms with E-state index in [0.29, 0.717) is 13.0 Å². The number of hydrogen-bond donors (Lipinski definition) is 1. The van der Waals surface area contributed by atoms with E-state index >= 15 is 0 Å². The number of ether oxygens (including phenoxy) is 4. The first kappa shape index (κ1) is 15.6. The van der Waals surface area contributed by atoms with Crippen molar-refractivity contribution in [1.29, 1.82) is 0 Å². The highest BCUT2D eigenvalue weighted by Gasteiger charge is 2.48. The van der Waals surface area contributed by atoms with E-state index in [-0.39, 0.29) is 18.1 Å². The van der Waals surface area contributed by atoms with E-state index in [2.05, 4.69) is 6.58 Å². The second kappa shape index (κ2) is 6.89. The van der Waals surface area contributed by atoms with Gasteiger partial charge in [0.25, 0.3) is 0 Å². The third-order valence-corrected chi connectivity index (χ3v) is 4.25. The molecule has 2 saturated heterocycles. The molecule has 0 bridgehead atoms. The van der Waals surface area contributed by atoms with Crippen molar-refractivity contribution in [2.75, 3.05) is 13.7 Å². The van der Waals surface area contributed by atoms with Crippen LogP contribution in [0.15, 0.2) is 43.0 Å². The zero-order chi connectivity index (χ0) is 15.5. The van der Waals surface area contributed by atoms with Crippen molar-refractivity contribution >= 4 is 0 Å². The fourth-order valence-corrected chi connectivity index (χ4v) is 3.13. The zero-order valence-electron chi connectivity index (χ0n) is 12.6. The van der Waals surface area contributed by atoms with Crippen LogP contribution < -0.4 is 0 Å². The first-order valence-corrected chi connectivity index (χ1v) is 7.54. The van der Waals surface area contributed by atoms with E-state index in [1.807, 2.05) is 30.3 Å². The maximum absolute atomic E-state index is 10.4. The molecular weight excluding hydrogens is 284 g/mol. The summed E-state index contributed by atoms with van der Waals surface area (Å²) >= 11 is 0. The van der Waals surface area contributed by atoms with Crippen molar-refractivity contribution in [3.63, 3.8) is 0 Å². The summed E-state index contributed by atoms with van der Waals surface area (Å²) in [5.74, 6) is -0.128. The molecule has 2 heterocycles. The summed E-state index contributed by atoms with van der Waals surface area (Å²) in [6.07, 6.45) is 0.0681. The number of allylic oxidation sites excluding steroid dienone is 1. The molecular formula is C17H22O5. The topological polar surface area (TPSA) is 57.2 Å². The lowest BCUT2D eigenvalue weighted by atomic mass is 9.85. The normalized spacial score (nSPS) is 38.3. The minimum Gasteiger partial charge on any atom is -0.387 e. The Balaban J connectivity index is 1.79. The third kappa shape index (κ3) is 2.95. The minimum atomic E-state index is -0.751. The van der Waals surface area contributed by atoms with Crippen LogP contribution in [0.2, 0.25) is 0 Å². The highest BCUT2D eigenvalue weighted by molar-refractivity contribution is 5.16. The van der Waals surface area contributed by atoms with Crippen molar-refractivity contribution in [2.45, 2.75) is 37.3 Å². The van der Waals surface area contributed by atoms with Gasteiger partial charge < -0.3 is 24.1 Å². The molecule has 120 valence electrons. The second-order valence-corrected chi connectivity index (χ2v) is 5.63. The number of hydrogen-bond acceptors (Lipinski definition) is 5. The molecule has 2 aliphatic heterocycles. The molecule has 2 fully saturated rings. The van der Waals surface area contributed by atoms with Crippen molar-refractivity contribution in [3.8, 4) is 0 Å². The van der Waals surface area contributed by atoms with Gasteiger partial charge in [-0.25, -0.2) is 0 Å². The van der Waals surface area contributed by atoms with Gasteiger partial charge in [0.2, 0.25) is 0 Å². The number of rotatable bonds is 4. The molecule has 0 radical (unpaired) electrons. The van der Waals surface area contributed by atoms with Gasteiger partial charge in [-0.1, -0.05) is 36.4 Å². The van der Waals surface area contributed by atoms with E-state index in [1.165, 1.54) is 7.11 Å². The molecule has 0 spiro atoms. The van der Waals surface area contributed by atoms with Crippen LogP contribution in [-0.4, -0.2) is 43.4 Å². The number of fused-ring (bicyclic) bond motifs is 1. The maximum atomic E-state index is 10.4. The number of aliphatic hydroxyl groups is 1. The molecule has 0 aromatic heterocycles. The van der Waals surface area contributed by atoms with Gasteiger partial charge in [-0.3, -0.25) is 0 Å². The van der Waals surface area contributed by atoms with Crippen LogP contribution in [0.3, 0.4) is 0 Å². The molecule has 1 aromatic carbocycles. The predicted octanol–water partition coefficient (Wildman–Crippen LogP) is 2.03. The van der Waals surface area contributed by atoms with Gasteiger partial charge in [-0.15, -0.1) is 6.58 Å². The van der Waals surface area contributed by atoms with Gasteiger partial charge in [0.05, 0.1) is 12.7 Å². The van der Waals surface area contributed by atoms with Crippen molar-refractivity contribution in [2.24, 2.45) is 5.92 Å². The summed E-state index contributed by atoms with van der Waals surface area (Å²) in [5.41, 5.74) is 0.960. The van der Waals surface area contributed by atoms with Crippen molar-refractivity contribution < 1.29 is 24.1 Å². The predicted molar refractivity (Wildman–Crippen MR) is 80.0 cm³/mol. The Morgan fingerprint density at radius 2 is 2.09 bits per heavy atom. The van der Waals surface area contributed by atoms with Gasteiger partial charge >= 0.3 is 0 Å². The van der Waals surface area contributed by atoms with Crippen LogP contribution in [0.25, 0.3) is 0 Å². The Bertz CT molecular complexity index is 491. The highest BCUT2D eigenvalue weighted by atomic mass is 16.7. The number of methoxy groups -OCH3 is 1. The van der Waals surface area contributed by atoms with Crippen LogP contribution in [0.5, 0.6) is 0 Å². The number of benzene rings is 1. The summed E-state index contributed by atoms with van der Waals surface area (Å²) < 4.78 is 22.9. The van der Waals surface area contributed by atoms with Crippen molar-refractivity contribution in [1.82, 2.24) is 0 Å². The zero-order valence-corrected chi connectivity index (χ0v) is 12.6. The van der Waals surface area contributed by atoms with E-state index < -0.39 is 18.7 Å². The smallest absolute Gasteiger partial charge is 0.184 e. The third-order valence-electron chi connectivity index (χ3n) is 4.25. The average molecular weight is 306 g/mol. The molecule has 0 aliphatic carbocycles. The summed E-state index contributed by atoms with van der Waals surface area (Å²) in [6.45, 7) is 4.18. The largest absolute Gasteiger partial charge is 0.387 e. The summed E-state index contributed by atoms with van der Waals surface area (Å²) in [6, 6.07) is 9.77. The fraction of sp³-hybridized carbons (Fsp3) is 0.529. The van der Waals surface area contributed by atoms with Gasteiger partial charge in [0.1, 0.15) is 12.2 Å². The van der Waals surface area contributed by atoms with E-state index in [0.717, 1.165) is 5.56 Å². The van der Waals surface area contributed by atoms with Gasteiger partial charge in [-0.05, 0) is 6.42 Å². The van der Waals surface area contributed by atoms with Crippen LogP contribution >= 0.6 is 0 Å². The Labute approximate surface area is 130 Å². The molecule has 0 saturated carbocycles. The molecule has 2 aliphatic rings. The molecule has 1 N–H and O–H groups in total.